The average Bonchev–Trinajstić information content (AvgIpc) is 3.06. The Hall–Kier alpha value is -1.86. The van der Waals surface area contributed by atoms with Gasteiger partial charge in [0.2, 0.25) is 15.0 Å². The largest absolute Gasteiger partial charge is 0.308 e. The van der Waals surface area contributed by atoms with E-state index in [0.717, 1.165) is 5.56 Å². The molecule has 0 aliphatic carbocycles. The lowest BCUT2D eigenvalue weighted by atomic mass is 10.2. The number of anilines is 1. The first-order valence-corrected chi connectivity index (χ1v) is 9.11. The van der Waals surface area contributed by atoms with E-state index in [1.807, 2.05) is 30.3 Å². The van der Waals surface area contributed by atoms with E-state index in [-0.39, 0.29) is 18.9 Å². The number of amides is 1. The molecule has 1 aliphatic heterocycles. The molecule has 0 spiro atoms. The summed E-state index contributed by atoms with van der Waals surface area (Å²) in [6.45, 7) is 0.655. The zero-order valence-corrected chi connectivity index (χ0v) is 13.2. The molecule has 2 heterocycles. The molecule has 0 bridgehead atoms. The van der Waals surface area contributed by atoms with Crippen LogP contribution in [0.4, 0.5) is 5.69 Å². The fourth-order valence-corrected chi connectivity index (χ4v) is 3.49. The van der Waals surface area contributed by atoms with E-state index in [1.165, 1.54) is 4.90 Å². The van der Waals surface area contributed by atoms with Gasteiger partial charge in [0, 0.05) is 29.8 Å². The molecule has 1 fully saturated rings. The molecule has 8 heteroatoms. The summed E-state index contributed by atoms with van der Waals surface area (Å²) in [5.74, 6) is -0.256. The van der Waals surface area contributed by atoms with Crippen LogP contribution < -0.4 is 4.90 Å². The van der Waals surface area contributed by atoms with E-state index >= 15 is 0 Å². The SMILES string of the molecule is O=C1CC(S(=O)(=O)Cl)CN1c1cnn(Cc2ccccc2)c1. The van der Waals surface area contributed by atoms with Crippen LogP contribution in [0.5, 0.6) is 0 Å². The highest BCUT2D eigenvalue weighted by molar-refractivity contribution is 8.14. The van der Waals surface area contributed by atoms with E-state index in [1.54, 1.807) is 17.1 Å². The van der Waals surface area contributed by atoms with Crippen LogP contribution in [0.3, 0.4) is 0 Å². The van der Waals surface area contributed by atoms with Gasteiger partial charge in [-0.2, -0.15) is 5.10 Å². The highest BCUT2D eigenvalue weighted by Crippen LogP contribution is 2.26. The van der Waals surface area contributed by atoms with Crippen LogP contribution in [0.2, 0.25) is 0 Å². The highest BCUT2D eigenvalue weighted by Gasteiger charge is 2.38. The Labute approximate surface area is 132 Å². The molecule has 1 aromatic carbocycles. The normalized spacial score (nSPS) is 18.9. The topological polar surface area (TPSA) is 72.3 Å². The number of aromatic nitrogens is 2. The van der Waals surface area contributed by atoms with E-state index < -0.39 is 14.3 Å². The van der Waals surface area contributed by atoms with Gasteiger partial charge in [0.15, 0.2) is 0 Å². The number of carbonyl (C=O) groups excluding carboxylic acids is 1. The molecule has 1 aromatic heterocycles. The Morgan fingerprint density at radius 3 is 2.64 bits per heavy atom. The van der Waals surface area contributed by atoms with Crippen molar-refractivity contribution in [3.05, 3.63) is 48.3 Å². The van der Waals surface area contributed by atoms with Gasteiger partial charge in [0.1, 0.15) is 5.25 Å². The predicted molar refractivity (Wildman–Crippen MR) is 83.3 cm³/mol. The zero-order chi connectivity index (χ0) is 15.7. The summed E-state index contributed by atoms with van der Waals surface area (Å²) in [5, 5.41) is 3.36. The third-order valence-corrected chi connectivity index (χ3v) is 5.47. The lowest BCUT2D eigenvalue weighted by Crippen LogP contribution is -2.26. The van der Waals surface area contributed by atoms with Gasteiger partial charge in [-0.15, -0.1) is 0 Å². The van der Waals surface area contributed by atoms with Gasteiger partial charge in [0.25, 0.3) is 0 Å². The predicted octanol–water partition coefficient (Wildman–Crippen LogP) is 1.61. The molecule has 1 saturated heterocycles. The number of hydrogen-bond donors (Lipinski definition) is 0. The quantitative estimate of drug-likeness (QED) is 0.793. The Balaban J connectivity index is 1.75. The van der Waals surface area contributed by atoms with Crippen molar-refractivity contribution in [2.45, 2.75) is 18.2 Å². The van der Waals surface area contributed by atoms with Crippen molar-refractivity contribution >= 4 is 31.3 Å². The smallest absolute Gasteiger partial charge is 0.237 e. The molecule has 0 radical (unpaired) electrons. The van der Waals surface area contributed by atoms with Crippen molar-refractivity contribution < 1.29 is 13.2 Å². The minimum absolute atomic E-state index is 0.0711. The van der Waals surface area contributed by atoms with Gasteiger partial charge in [-0.1, -0.05) is 30.3 Å². The zero-order valence-electron chi connectivity index (χ0n) is 11.6. The van der Waals surface area contributed by atoms with Crippen molar-refractivity contribution in [3.8, 4) is 0 Å². The Morgan fingerprint density at radius 2 is 2.00 bits per heavy atom. The maximum atomic E-state index is 12.0. The summed E-state index contributed by atoms with van der Waals surface area (Å²) in [6.07, 6.45) is 3.20. The molecular weight excluding hydrogens is 326 g/mol. The van der Waals surface area contributed by atoms with Crippen molar-refractivity contribution in [1.82, 2.24) is 9.78 Å². The standard InChI is InChI=1S/C14H14ClN3O3S/c15-22(20,21)13-6-14(19)18(10-13)12-7-16-17(9-12)8-11-4-2-1-3-5-11/h1-5,7,9,13H,6,8,10H2. The third-order valence-electron chi connectivity index (χ3n) is 3.61. The number of benzene rings is 1. The number of carbonyl (C=O) groups is 1. The van der Waals surface area contributed by atoms with Crippen LogP contribution in [0.15, 0.2) is 42.7 Å². The van der Waals surface area contributed by atoms with Crippen LogP contribution in [-0.4, -0.2) is 35.9 Å². The highest BCUT2D eigenvalue weighted by atomic mass is 35.7. The molecule has 1 amide bonds. The number of nitrogens with zero attached hydrogens (tertiary/aromatic N) is 3. The summed E-state index contributed by atoms with van der Waals surface area (Å²) >= 11 is 0. The van der Waals surface area contributed by atoms with Crippen LogP contribution in [-0.2, 0) is 20.4 Å². The number of hydrogen-bond acceptors (Lipinski definition) is 4. The maximum absolute atomic E-state index is 12.0. The van der Waals surface area contributed by atoms with Gasteiger partial charge in [-0.05, 0) is 5.56 Å². The average molecular weight is 340 g/mol. The van der Waals surface area contributed by atoms with E-state index in [2.05, 4.69) is 5.10 Å². The van der Waals surface area contributed by atoms with Crippen molar-refractivity contribution in [1.29, 1.82) is 0 Å². The second-order valence-electron chi connectivity index (χ2n) is 5.19. The maximum Gasteiger partial charge on any atom is 0.237 e. The first-order chi connectivity index (χ1) is 10.4. The fourth-order valence-electron chi connectivity index (χ4n) is 2.46. The lowest BCUT2D eigenvalue weighted by molar-refractivity contribution is -0.117. The van der Waals surface area contributed by atoms with Crippen molar-refractivity contribution in [2.24, 2.45) is 0 Å². The molecule has 116 valence electrons. The Bertz CT molecular complexity index is 789. The van der Waals surface area contributed by atoms with E-state index in [9.17, 15) is 13.2 Å². The molecule has 2 aromatic rings. The molecule has 6 nitrogen and oxygen atoms in total. The van der Waals surface area contributed by atoms with Crippen LogP contribution in [0.1, 0.15) is 12.0 Å². The fraction of sp³-hybridized carbons (Fsp3) is 0.286. The van der Waals surface area contributed by atoms with Gasteiger partial charge in [0.05, 0.1) is 18.4 Å². The van der Waals surface area contributed by atoms with Crippen molar-refractivity contribution in [3.63, 3.8) is 0 Å². The first-order valence-electron chi connectivity index (χ1n) is 6.74. The minimum atomic E-state index is -3.74. The molecule has 3 rings (SSSR count). The monoisotopic (exact) mass is 339 g/mol. The lowest BCUT2D eigenvalue weighted by Gasteiger charge is -2.13. The molecule has 1 unspecified atom stereocenters. The van der Waals surface area contributed by atoms with Crippen LogP contribution >= 0.6 is 10.7 Å². The Kier molecular flexibility index (Phi) is 3.92. The summed E-state index contributed by atoms with van der Waals surface area (Å²) < 4.78 is 24.4. The summed E-state index contributed by atoms with van der Waals surface area (Å²) in [7, 11) is 1.61. The molecule has 1 aliphatic rings. The van der Waals surface area contributed by atoms with Crippen LogP contribution in [0.25, 0.3) is 0 Å². The first kappa shape index (κ1) is 15.1. The minimum Gasteiger partial charge on any atom is -0.308 e. The van der Waals surface area contributed by atoms with Crippen LogP contribution in [0, 0.1) is 0 Å². The van der Waals surface area contributed by atoms with Gasteiger partial charge in [-0.25, -0.2) is 8.42 Å². The van der Waals surface area contributed by atoms with Gasteiger partial charge >= 0.3 is 0 Å². The molecule has 0 N–H and O–H groups in total. The van der Waals surface area contributed by atoms with E-state index in [0.29, 0.717) is 12.2 Å². The Morgan fingerprint density at radius 1 is 1.27 bits per heavy atom. The third kappa shape index (κ3) is 3.15. The number of rotatable bonds is 4. The summed E-state index contributed by atoms with van der Waals surface area (Å²) in [6, 6.07) is 9.80. The molecule has 1 atom stereocenters. The molecular formula is C14H14ClN3O3S. The summed E-state index contributed by atoms with van der Waals surface area (Å²) in [5.41, 5.74) is 1.68. The molecule has 0 saturated carbocycles. The van der Waals surface area contributed by atoms with E-state index in [4.69, 9.17) is 10.7 Å². The van der Waals surface area contributed by atoms with Gasteiger partial charge in [-0.3, -0.25) is 9.48 Å². The summed E-state index contributed by atoms with van der Waals surface area (Å²) in [4.78, 5) is 13.4. The number of halogens is 1. The molecule has 22 heavy (non-hydrogen) atoms. The van der Waals surface area contributed by atoms with Gasteiger partial charge < -0.3 is 4.90 Å². The second-order valence-corrected chi connectivity index (χ2v) is 8.10. The van der Waals surface area contributed by atoms with Crippen molar-refractivity contribution in [2.75, 3.05) is 11.4 Å². The second kappa shape index (κ2) is 5.73.